The Balaban J connectivity index is 1.58. The van der Waals surface area contributed by atoms with Gasteiger partial charge in [-0.15, -0.1) is 0 Å². The van der Waals surface area contributed by atoms with Gasteiger partial charge in [0, 0.05) is 13.0 Å². The highest BCUT2D eigenvalue weighted by molar-refractivity contribution is 6.21. The molecule has 3 heterocycles. The van der Waals surface area contributed by atoms with Crippen LogP contribution in [0, 0.1) is 0 Å². The van der Waals surface area contributed by atoms with Gasteiger partial charge in [0.05, 0.1) is 23.1 Å². The molecule has 3 amide bonds. The van der Waals surface area contributed by atoms with E-state index in [1.54, 1.807) is 12.1 Å². The summed E-state index contributed by atoms with van der Waals surface area (Å²) in [5.41, 5.74) is 1.42. The van der Waals surface area contributed by atoms with Gasteiger partial charge in [-0.1, -0.05) is 19.4 Å². The van der Waals surface area contributed by atoms with Gasteiger partial charge in [0.2, 0.25) is 5.88 Å². The maximum Gasteiger partial charge on any atom is 0.329 e. The van der Waals surface area contributed by atoms with Gasteiger partial charge in [-0.3, -0.25) is 4.79 Å². The first kappa shape index (κ1) is 19.9. The number of rotatable bonds is 5. The lowest BCUT2D eigenvalue weighted by Crippen LogP contribution is -2.31. The molecular weight excluding hydrogens is 384 g/mol. The molecule has 0 unspecified atom stereocenters. The number of amides is 3. The van der Waals surface area contributed by atoms with Gasteiger partial charge in [-0.2, -0.15) is 0 Å². The van der Waals surface area contributed by atoms with Gasteiger partial charge in [-0.05, 0) is 38.5 Å². The third kappa shape index (κ3) is 3.49. The Kier molecular flexibility index (Phi) is 4.93. The van der Waals surface area contributed by atoms with Gasteiger partial charge >= 0.3 is 6.03 Å². The first-order valence-corrected chi connectivity index (χ1v) is 9.96. The molecule has 2 aliphatic rings. The molecular formula is C22H24N4O4. The summed E-state index contributed by atoms with van der Waals surface area (Å²) in [6.07, 6.45) is 2.87. The van der Waals surface area contributed by atoms with Crippen molar-refractivity contribution in [1.29, 1.82) is 0 Å². The van der Waals surface area contributed by atoms with Crippen LogP contribution in [0.5, 0.6) is 11.6 Å². The number of nitrogens with one attached hydrogen (secondary N) is 1. The Morgan fingerprint density at radius 3 is 2.73 bits per heavy atom. The lowest BCUT2D eigenvalue weighted by Gasteiger charge is -2.32. The summed E-state index contributed by atoms with van der Waals surface area (Å²) in [6.45, 7) is 7.70. The second-order valence-electron chi connectivity index (χ2n) is 7.81. The number of imide groups is 1. The summed E-state index contributed by atoms with van der Waals surface area (Å²) in [5, 5.41) is 2.71. The molecule has 2 aromatic rings. The maximum atomic E-state index is 12.5. The number of aromatic nitrogens is 1. The van der Waals surface area contributed by atoms with E-state index in [1.165, 1.54) is 6.20 Å². The first-order chi connectivity index (χ1) is 14.3. The Morgan fingerprint density at radius 2 is 2.03 bits per heavy atom. The minimum Gasteiger partial charge on any atom is -0.470 e. The van der Waals surface area contributed by atoms with Gasteiger partial charge < -0.3 is 14.8 Å². The van der Waals surface area contributed by atoms with Gasteiger partial charge in [0.25, 0.3) is 5.91 Å². The standard InChI is InChI=1S/C22H24N4O4/c1-5-7-16-20(27)26(21(28)25-16)14-10-11-18(23-12-14)29-17-9-6-8-15-19(17)22(3,4)30-13(2)24-15/h6,8-12,16H,5,7H2,1-4H3,(H,25,28)/t16-/m1/s1. The average molecular weight is 408 g/mol. The molecule has 1 aromatic carbocycles. The van der Waals surface area contributed by atoms with Crippen molar-refractivity contribution in [2.75, 3.05) is 4.90 Å². The van der Waals surface area contributed by atoms with Crippen molar-refractivity contribution in [3.05, 3.63) is 42.1 Å². The number of aliphatic imine (C=N–C) groups is 1. The summed E-state index contributed by atoms with van der Waals surface area (Å²) >= 11 is 0. The zero-order valence-electron chi connectivity index (χ0n) is 17.4. The molecule has 2 aliphatic heterocycles. The van der Waals surface area contributed by atoms with E-state index in [9.17, 15) is 9.59 Å². The number of ether oxygens (including phenoxy) is 2. The number of urea groups is 1. The SMILES string of the molecule is CCC[C@H]1NC(=O)N(c2ccc(Oc3cccc4c3C(C)(C)OC(C)=N4)nc2)C1=O. The predicted octanol–water partition coefficient (Wildman–Crippen LogP) is 4.41. The topological polar surface area (TPSA) is 93.1 Å². The lowest BCUT2D eigenvalue weighted by atomic mass is 9.94. The Hall–Kier alpha value is -3.42. The largest absolute Gasteiger partial charge is 0.470 e. The number of nitrogens with zero attached hydrogens (tertiary/aromatic N) is 3. The molecule has 1 N–H and O–H groups in total. The molecule has 0 saturated carbocycles. The number of fused-ring (bicyclic) bond motifs is 1. The summed E-state index contributed by atoms with van der Waals surface area (Å²) in [5.74, 6) is 1.27. The van der Waals surface area contributed by atoms with E-state index in [1.807, 2.05) is 45.9 Å². The summed E-state index contributed by atoms with van der Waals surface area (Å²) < 4.78 is 11.9. The number of benzene rings is 1. The fourth-order valence-electron chi connectivity index (χ4n) is 3.85. The number of pyridine rings is 1. The number of carbonyl (C=O) groups is 2. The van der Waals surface area contributed by atoms with Crippen LogP contribution in [0.2, 0.25) is 0 Å². The summed E-state index contributed by atoms with van der Waals surface area (Å²) in [6, 6.07) is 7.97. The van der Waals surface area contributed by atoms with Crippen LogP contribution in [-0.4, -0.2) is 28.9 Å². The van der Waals surface area contributed by atoms with Crippen molar-refractivity contribution >= 4 is 29.2 Å². The lowest BCUT2D eigenvalue weighted by molar-refractivity contribution is -0.118. The number of anilines is 1. The van der Waals surface area contributed by atoms with Crippen LogP contribution in [0.25, 0.3) is 0 Å². The molecule has 1 fully saturated rings. The van der Waals surface area contributed by atoms with Crippen molar-refractivity contribution in [1.82, 2.24) is 10.3 Å². The van der Waals surface area contributed by atoms with E-state index in [2.05, 4.69) is 15.3 Å². The van der Waals surface area contributed by atoms with Crippen molar-refractivity contribution in [3.8, 4) is 11.6 Å². The molecule has 8 nitrogen and oxygen atoms in total. The fraction of sp³-hybridized carbons (Fsp3) is 0.364. The van der Waals surface area contributed by atoms with Crippen LogP contribution >= 0.6 is 0 Å². The van der Waals surface area contributed by atoms with E-state index in [4.69, 9.17) is 9.47 Å². The van der Waals surface area contributed by atoms with Crippen LogP contribution in [0.4, 0.5) is 16.2 Å². The zero-order chi connectivity index (χ0) is 21.5. The molecule has 0 radical (unpaired) electrons. The molecule has 1 atom stereocenters. The Bertz CT molecular complexity index is 1030. The highest BCUT2D eigenvalue weighted by atomic mass is 16.5. The Labute approximate surface area is 174 Å². The first-order valence-electron chi connectivity index (χ1n) is 9.96. The van der Waals surface area contributed by atoms with Crippen molar-refractivity contribution in [3.63, 3.8) is 0 Å². The van der Waals surface area contributed by atoms with Crippen LogP contribution in [0.1, 0.15) is 46.1 Å². The molecule has 0 bridgehead atoms. The molecule has 1 saturated heterocycles. The van der Waals surface area contributed by atoms with E-state index >= 15 is 0 Å². The number of carbonyl (C=O) groups excluding carboxylic acids is 2. The van der Waals surface area contributed by atoms with Crippen molar-refractivity contribution in [2.24, 2.45) is 4.99 Å². The van der Waals surface area contributed by atoms with E-state index < -0.39 is 17.7 Å². The third-order valence-electron chi connectivity index (χ3n) is 5.08. The molecule has 156 valence electrons. The van der Waals surface area contributed by atoms with Crippen molar-refractivity contribution in [2.45, 2.75) is 52.2 Å². The molecule has 8 heteroatoms. The van der Waals surface area contributed by atoms with E-state index in [0.29, 0.717) is 29.6 Å². The normalized spacial score (nSPS) is 19.7. The minimum absolute atomic E-state index is 0.262. The van der Waals surface area contributed by atoms with Gasteiger partial charge in [0.1, 0.15) is 17.4 Å². The van der Waals surface area contributed by atoms with Crippen molar-refractivity contribution < 1.29 is 19.1 Å². The molecule has 4 rings (SSSR count). The van der Waals surface area contributed by atoms with Gasteiger partial charge in [-0.25, -0.2) is 19.7 Å². The van der Waals surface area contributed by atoms with E-state index in [0.717, 1.165) is 22.6 Å². The predicted molar refractivity (Wildman–Crippen MR) is 112 cm³/mol. The molecule has 0 spiro atoms. The number of hydrogen-bond acceptors (Lipinski definition) is 6. The second-order valence-corrected chi connectivity index (χ2v) is 7.81. The summed E-state index contributed by atoms with van der Waals surface area (Å²) in [7, 11) is 0. The van der Waals surface area contributed by atoms with Gasteiger partial charge in [0.15, 0.2) is 5.90 Å². The smallest absolute Gasteiger partial charge is 0.329 e. The molecule has 0 aliphatic carbocycles. The second kappa shape index (κ2) is 7.44. The molecule has 1 aromatic heterocycles. The van der Waals surface area contributed by atoms with E-state index in [-0.39, 0.29) is 5.91 Å². The quantitative estimate of drug-likeness (QED) is 0.740. The minimum atomic E-state index is -0.605. The zero-order valence-corrected chi connectivity index (χ0v) is 17.4. The molecule has 30 heavy (non-hydrogen) atoms. The monoisotopic (exact) mass is 408 g/mol. The highest BCUT2D eigenvalue weighted by Gasteiger charge is 2.38. The average Bonchev–Trinajstić information content (AvgIpc) is 2.95. The summed E-state index contributed by atoms with van der Waals surface area (Å²) in [4.78, 5) is 34.6. The maximum absolute atomic E-state index is 12.5. The van der Waals surface area contributed by atoms with Crippen LogP contribution in [-0.2, 0) is 15.1 Å². The third-order valence-corrected chi connectivity index (χ3v) is 5.08. The van der Waals surface area contributed by atoms with Crippen LogP contribution < -0.4 is 15.0 Å². The van der Waals surface area contributed by atoms with Crippen LogP contribution in [0.3, 0.4) is 0 Å². The van der Waals surface area contributed by atoms with Crippen LogP contribution in [0.15, 0.2) is 41.5 Å². The highest BCUT2D eigenvalue weighted by Crippen LogP contribution is 2.44. The fourth-order valence-corrected chi connectivity index (χ4v) is 3.85. The Morgan fingerprint density at radius 1 is 1.23 bits per heavy atom. The number of hydrogen-bond donors (Lipinski definition) is 1.